The lowest BCUT2D eigenvalue weighted by Gasteiger charge is -2.33. The van der Waals surface area contributed by atoms with Crippen LogP contribution in [0.15, 0.2) is 0 Å². The first-order chi connectivity index (χ1) is 7.69. The van der Waals surface area contributed by atoms with E-state index in [0.717, 1.165) is 13.1 Å². The van der Waals surface area contributed by atoms with Crippen LogP contribution in [0.4, 0.5) is 0 Å². The lowest BCUT2D eigenvalue weighted by atomic mass is 9.85. The molecule has 0 amide bonds. The van der Waals surface area contributed by atoms with E-state index in [1.807, 2.05) is 0 Å². The summed E-state index contributed by atoms with van der Waals surface area (Å²) in [6.07, 6.45) is 7.54. The van der Waals surface area contributed by atoms with Crippen molar-refractivity contribution in [1.82, 2.24) is 4.90 Å². The number of aliphatic hydroxyl groups is 1. The molecule has 0 aromatic heterocycles. The second kappa shape index (κ2) is 7.29. The van der Waals surface area contributed by atoms with Gasteiger partial charge in [0.05, 0.1) is 6.10 Å². The molecule has 0 aromatic rings. The minimum Gasteiger partial charge on any atom is -0.392 e. The van der Waals surface area contributed by atoms with E-state index in [0.29, 0.717) is 12.0 Å². The highest BCUT2D eigenvalue weighted by atomic mass is 16.3. The minimum absolute atomic E-state index is 0.103. The zero-order valence-corrected chi connectivity index (χ0v) is 11.3. The molecule has 0 spiro atoms. The SMILES string of the molecule is CCC(C)N(CC)CC(O)C1CCCCC1. The molecule has 1 N–H and O–H groups in total. The lowest BCUT2D eigenvalue weighted by Crippen LogP contribution is -2.41. The van der Waals surface area contributed by atoms with Crippen LogP contribution in [0.2, 0.25) is 0 Å². The Balaban J connectivity index is 2.37. The number of hydrogen-bond donors (Lipinski definition) is 1. The van der Waals surface area contributed by atoms with Crippen molar-refractivity contribution in [2.75, 3.05) is 13.1 Å². The van der Waals surface area contributed by atoms with Gasteiger partial charge in [0, 0.05) is 12.6 Å². The Morgan fingerprint density at radius 3 is 2.31 bits per heavy atom. The monoisotopic (exact) mass is 227 g/mol. The maximum Gasteiger partial charge on any atom is 0.0695 e. The van der Waals surface area contributed by atoms with E-state index in [2.05, 4.69) is 25.7 Å². The van der Waals surface area contributed by atoms with Crippen molar-refractivity contribution in [3.05, 3.63) is 0 Å². The van der Waals surface area contributed by atoms with Crippen LogP contribution in [-0.4, -0.2) is 35.2 Å². The maximum atomic E-state index is 10.3. The molecule has 96 valence electrons. The summed E-state index contributed by atoms with van der Waals surface area (Å²) in [5, 5.41) is 10.3. The summed E-state index contributed by atoms with van der Waals surface area (Å²) in [6.45, 7) is 8.60. The van der Waals surface area contributed by atoms with Crippen molar-refractivity contribution in [3.8, 4) is 0 Å². The molecule has 2 atom stereocenters. The fourth-order valence-electron chi connectivity index (χ4n) is 2.79. The van der Waals surface area contributed by atoms with E-state index in [1.54, 1.807) is 0 Å². The Bertz CT molecular complexity index is 178. The van der Waals surface area contributed by atoms with Crippen molar-refractivity contribution >= 4 is 0 Å². The number of nitrogens with zero attached hydrogens (tertiary/aromatic N) is 1. The van der Waals surface area contributed by atoms with E-state index in [9.17, 15) is 5.11 Å². The van der Waals surface area contributed by atoms with Gasteiger partial charge in [-0.1, -0.05) is 33.1 Å². The summed E-state index contributed by atoms with van der Waals surface area (Å²) in [6, 6.07) is 0.600. The molecule has 0 aromatic carbocycles. The van der Waals surface area contributed by atoms with Gasteiger partial charge in [-0.2, -0.15) is 0 Å². The van der Waals surface area contributed by atoms with Crippen molar-refractivity contribution in [2.45, 2.75) is 71.4 Å². The summed E-state index contributed by atoms with van der Waals surface area (Å²) in [4.78, 5) is 2.42. The van der Waals surface area contributed by atoms with Crippen LogP contribution in [0.5, 0.6) is 0 Å². The van der Waals surface area contributed by atoms with E-state index < -0.39 is 0 Å². The molecule has 1 aliphatic rings. The Morgan fingerprint density at radius 1 is 1.19 bits per heavy atom. The largest absolute Gasteiger partial charge is 0.392 e. The van der Waals surface area contributed by atoms with E-state index in [4.69, 9.17) is 0 Å². The van der Waals surface area contributed by atoms with Crippen LogP contribution in [0.25, 0.3) is 0 Å². The minimum atomic E-state index is -0.103. The third kappa shape index (κ3) is 4.06. The van der Waals surface area contributed by atoms with Crippen molar-refractivity contribution in [1.29, 1.82) is 0 Å². The number of likely N-dealkylation sites (N-methyl/N-ethyl adjacent to an activating group) is 1. The van der Waals surface area contributed by atoms with Gasteiger partial charge < -0.3 is 5.11 Å². The molecule has 0 aliphatic heterocycles. The van der Waals surface area contributed by atoms with Gasteiger partial charge in [-0.15, -0.1) is 0 Å². The lowest BCUT2D eigenvalue weighted by molar-refractivity contribution is 0.0370. The van der Waals surface area contributed by atoms with E-state index in [1.165, 1.54) is 38.5 Å². The highest BCUT2D eigenvalue weighted by Gasteiger charge is 2.24. The molecule has 1 rings (SSSR count). The Morgan fingerprint density at radius 2 is 1.81 bits per heavy atom. The van der Waals surface area contributed by atoms with Crippen molar-refractivity contribution in [3.63, 3.8) is 0 Å². The molecular weight excluding hydrogens is 198 g/mol. The summed E-state index contributed by atoms with van der Waals surface area (Å²) in [7, 11) is 0. The fourth-order valence-corrected chi connectivity index (χ4v) is 2.79. The Kier molecular flexibility index (Phi) is 6.37. The highest BCUT2D eigenvalue weighted by molar-refractivity contribution is 4.77. The molecule has 0 saturated heterocycles. The molecule has 2 unspecified atom stereocenters. The van der Waals surface area contributed by atoms with Gasteiger partial charge in [-0.05, 0) is 38.6 Å². The molecule has 1 saturated carbocycles. The van der Waals surface area contributed by atoms with Crippen LogP contribution < -0.4 is 0 Å². The summed E-state index contributed by atoms with van der Waals surface area (Å²) < 4.78 is 0. The molecule has 2 heteroatoms. The predicted molar refractivity (Wildman–Crippen MR) is 69.6 cm³/mol. The summed E-state index contributed by atoms with van der Waals surface area (Å²) >= 11 is 0. The molecule has 0 bridgehead atoms. The van der Waals surface area contributed by atoms with Crippen LogP contribution in [0, 0.1) is 5.92 Å². The van der Waals surface area contributed by atoms with Crippen molar-refractivity contribution in [2.24, 2.45) is 5.92 Å². The van der Waals surface area contributed by atoms with Gasteiger partial charge in [0.2, 0.25) is 0 Å². The van der Waals surface area contributed by atoms with Crippen molar-refractivity contribution < 1.29 is 5.11 Å². The number of rotatable bonds is 6. The normalized spacial score (nSPS) is 22.3. The van der Waals surface area contributed by atoms with E-state index in [-0.39, 0.29) is 6.10 Å². The molecule has 1 fully saturated rings. The number of hydrogen-bond acceptors (Lipinski definition) is 2. The first-order valence-electron chi connectivity index (χ1n) is 7.11. The quantitative estimate of drug-likeness (QED) is 0.754. The van der Waals surface area contributed by atoms with Crippen LogP contribution >= 0.6 is 0 Å². The fraction of sp³-hybridized carbons (Fsp3) is 1.00. The second-order valence-electron chi connectivity index (χ2n) is 5.31. The molecular formula is C14H29NO. The third-order valence-electron chi connectivity index (χ3n) is 4.24. The zero-order chi connectivity index (χ0) is 12.0. The molecule has 0 heterocycles. The number of aliphatic hydroxyl groups excluding tert-OH is 1. The van der Waals surface area contributed by atoms with Gasteiger partial charge in [0.15, 0.2) is 0 Å². The third-order valence-corrected chi connectivity index (χ3v) is 4.24. The van der Waals surface area contributed by atoms with Crippen LogP contribution in [-0.2, 0) is 0 Å². The second-order valence-corrected chi connectivity index (χ2v) is 5.31. The summed E-state index contributed by atoms with van der Waals surface area (Å²) in [5.74, 6) is 0.562. The van der Waals surface area contributed by atoms with Crippen LogP contribution in [0.3, 0.4) is 0 Å². The molecule has 0 radical (unpaired) electrons. The van der Waals surface area contributed by atoms with Gasteiger partial charge in [0.1, 0.15) is 0 Å². The smallest absolute Gasteiger partial charge is 0.0695 e. The maximum absolute atomic E-state index is 10.3. The average molecular weight is 227 g/mol. The van der Waals surface area contributed by atoms with Gasteiger partial charge >= 0.3 is 0 Å². The molecule has 16 heavy (non-hydrogen) atoms. The van der Waals surface area contributed by atoms with Gasteiger partial charge in [0.25, 0.3) is 0 Å². The first kappa shape index (κ1) is 14.0. The van der Waals surface area contributed by atoms with E-state index >= 15 is 0 Å². The van der Waals surface area contributed by atoms with Crippen LogP contribution in [0.1, 0.15) is 59.3 Å². The van der Waals surface area contributed by atoms with Gasteiger partial charge in [-0.3, -0.25) is 4.90 Å². The first-order valence-corrected chi connectivity index (χ1v) is 7.11. The highest BCUT2D eigenvalue weighted by Crippen LogP contribution is 2.27. The van der Waals surface area contributed by atoms with Gasteiger partial charge in [-0.25, -0.2) is 0 Å². The zero-order valence-electron chi connectivity index (χ0n) is 11.3. The molecule has 1 aliphatic carbocycles. The summed E-state index contributed by atoms with van der Waals surface area (Å²) in [5.41, 5.74) is 0. The standard InChI is InChI=1S/C14H29NO/c1-4-12(3)15(5-2)11-14(16)13-9-7-6-8-10-13/h12-14,16H,4-11H2,1-3H3. The Hall–Kier alpha value is -0.0800. The predicted octanol–water partition coefficient (Wildman–Crippen LogP) is 3.05. The topological polar surface area (TPSA) is 23.5 Å². The Labute approximate surface area is 101 Å². The molecule has 2 nitrogen and oxygen atoms in total. The average Bonchev–Trinajstić information content (AvgIpc) is 2.35.